The molecule has 5 nitrogen and oxygen atoms in total. The van der Waals surface area contributed by atoms with E-state index in [4.69, 9.17) is 4.74 Å². The Morgan fingerprint density at radius 3 is 2.58 bits per heavy atom. The van der Waals surface area contributed by atoms with E-state index < -0.39 is 5.91 Å². The molecule has 4 aromatic rings. The normalized spacial score (nSPS) is 12.9. The third-order valence-corrected chi connectivity index (χ3v) is 7.55. The van der Waals surface area contributed by atoms with Gasteiger partial charge in [-0.25, -0.2) is 0 Å². The number of nitriles is 2. The fourth-order valence-electron chi connectivity index (χ4n) is 4.50. The summed E-state index contributed by atoms with van der Waals surface area (Å²) in [7, 11) is 0. The van der Waals surface area contributed by atoms with Crippen LogP contribution >= 0.6 is 11.3 Å². The van der Waals surface area contributed by atoms with Gasteiger partial charge in [-0.2, -0.15) is 10.5 Å². The topological polar surface area (TPSA) is 85.9 Å². The van der Waals surface area contributed by atoms with Gasteiger partial charge in [0, 0.05) is 4.88 Å². The highest BCUT2D eigenvalue weighted by molar-refractivity contribution is 7.16. The molecular formula is C30H23N3O2S. The smallest absolute Gasteiger partial charge is 0.266 e. The molecule has 0 unspecified atom stereocenters. The van der Waals surface area contributed by atoms with Crippen molar-refractivity contribution >= 4 is 39.1 Å². The maximum absolute atomic E-state index is 12.8. The molecule has 1 heterocycles. The predicted octanol–water partition coefficient (Wildman–Crippen LogP) is 6.78. The molecule has 3 aromatic carbocycles. The Morgan fingerprint density at radius 1 is 1.00 bits per heavy atom. The van der Waals surface area contributed by atoms with Crippen LogP contribution in [0.4, 0.5) is 5.00 Å². The molecule has 1 N–H and O–H groups in total. The minimum absolute atomic E-state index is 0.0188. The lowest BCUT2D eigenvalue weighted by molar-refractivity contribution is -0.112. The van der Waals surface area contributed by atoms with Crippen molar-refractivity contribution in [3.05, 3.63) is 99.4 Å². The van der Waals surface area contributed by atoms with Crippen molar-refractivity contribution in [2.45, 2.75) is 32.3 Å². The highest BCUT2D eigenvalue weighted by Gasteiger charge is 2.22. The van der Waals surface area contributed by atoms with Crippen LogP contribution in [-0.2, 0) is 24.2 Å². The van der Waals surface area contributed by atoms with E-state index in [0.717, 1.165) is 47.1 Å². The van der Waals surface area contributed by atoms with Gasteiger partial charge in [0.2, 0.25) is 0 Å². The maximum atomic E-state index is 12.8. The van der Waals surface area contributed by atoms with Crippen molar-refractivity contribution < 1.29 is 9.53 Å². The highest BCUT2D eigenvalue weighted by atomic mass is 32.1. The van der Waals surface area contributed by atoms with E-state index in [9.17, 15) is 15.3 Å². The molecule has 0 bridgehead atoms. The first kappa shape index (κ1) is 23.4. The van der Waals surface area contributed by atoms with Gasteiger partial charge in [-0.3, -0.25) is 4.79 Å². The second kappa shape index (κ2) is 10.5. The number of hydrogen-bond donors (Lipinski definition) is 1. The summed E-state index contributed by atoms with van der Waals surface area (Å²) in [5.41, 5.74) is 3.38. The molecule has 0 atom stereocenters. The SMILES string of the molecule is N#C/C(=C\c1ccc(OCc2cccc3ccccc23)cc1)C(=O)Nc1sc2c(c1C#N)CCCC2. The summed E-state index contributed by atoms with van der Waals surface area (Å²) in [5.74, 6) is 0.190. The lowest BCUT2D eigenvalue weighted by Gasteiger charge is -2.09. The Hall–Kier alpha value is -4.39. The van der Waals surface area contributed by atoms with Gasteiger partial charge in [-0.15, -0.1) is 11.3 Å². The molecule has 0 aliphatic heterocycles. The monoisotopic (exact) mass is 489 g/mol. The Bertz CT molecular complexity index is 1550. The van der Waals surface area contributed by atoms with Crippen molar-refractivity contribution in [2.24, 2.45) is 0 Å². The molecule has 0 spiro atoms. The summed E-state index contributed by atoms with van der Waals surface area (Å²) in [5, 5.41) is 24.9. The summed E-state index contributed by atoms with van der Waals surface area (Å²) >= 11 is 1.45. The summed E-state index contributed by atoms with van der Waals surface area (Å²) in [4.78, 5) is 14.0. The van der Waals surface area contributed by atoms with E-state index in [0.29, 0.717) is 28.5 Å². The lowest BCUT2D eigenvalue weighted by Crippen LogP contribution is -2.13. The number of nitrogens with one attached hydrogen (secondary N) is 1. The fourth-order valence-corrected chi connectivity index (χ4v) is 5.73. The van der Waals surface area contributed by atoms with E-state index in [1.165, 1.54) is 16.7 Å². The molecule has 1 aliphatic carbocycles. The lowest BCUT2D eigenvalue weighted by atomic mass is 9.96. The second-order valence-corrected chi connectivity index (χ2v) is 9.75. The highest BCUT2D eigenvalue weighted by Crippen LogP contribution is 2.37. The van der Waals surface area contributed by atoms with Crippen LogP contribution in [0.1, 0.15) is 40.0 Å². The zero-order chi connectivity index (χ0) is 24.9. The molecule has 0 radical (unpaired) electrons. The number of amides is 1. The zero-order valence-electron chi connectivity index (χ0n) is 19.6. The summed E-state index contributed by atoms with van der Waals surface area (Å²) in [6.45, 7) is 0.439. The van der Waals surface area contributed by atoms with Crippen LogP contribution in [0.5, 0.6) is 5.75 Å². The number of fused-ring (bicyclic) bond motifs is 2. The van der Waals surface area contributed by atoms with Crippen molar-refractivity contribution in [1.29, 1.82) is 10.5 Å². The van der Waals surface area contributed by atoms with Crippen LogP contribution in [0.15, 0.2) is 72.3 Å². The van der Waals surface area contributed by atoms with Crippen molar-refractivity contribution in [3.63, 3.8) is 0 Å². The van der Waals surface area contributed by atoms with Crippen LogP contribution < -0.4 is 10.1 Å². The zero-order valence-corrected chi connectivity index (χ0v) is 20.4. The summed E-state index contributed by atoms with van der Waals surface area (Å²) < 4.78 is 5.98. The van der Waals surface area contributed by atoms with Crippen molar-refractivity contribution in [3.8, 4) is 17.9 Å². The minimum Gasteiger partial charge on any atom is -0.489 e. The van der Waals surface area contributed by atoms with Gasteiger partial charge in [-0.05, 0) is 71.4 Å². The fraction of sp³-hybridized carbons (Fsp3) is 0.167. The number of ether oxygens (including phenoxy) is 1. The third kappa shape index (κ3) is 4.86. The number of aryl methyl sites for hydroxylation is 1. The molecule has 1 aromatic heterocycles. The van der Waals surface area contributed by atoms with Gasteiger partial charge < -0.3 is 10.1 Å². The van der Waals surface area contributed by atoms with Gasteiger partial charge in [0.05, 0.1) is 5.56 Å². The molecule has 6 heteroatoms. The average Bonchev–Trinajstić information content (AvgIpc) is 3.27. The maximum Gasteiger partial charge on any atom is 0.266 e. The van der Waals surface area contributed by atoms with Gasteiger partial charge in [0.1, 0.15) is 35.1 Å². The van der Waals surface area contributed by atoms with Gasteiger partial charge in [0.15, 0.2) is 0 Å². The Kier molecular flexibility index (Phi) is 6.80. The van der Waals surface area contributed by atoms with E-state index >= 15 is 0 Å². The molecule has 176 valence electrons. The molecular weight excluding hydrogens is 466 g/mol. The molecule has 5 rings (SSSR count). The number of carbonyl (C=O) groups excluding carboxylic acids is 1. The molecule has 36 heavy (non-hydrogen) atoms. The molecule has 1 aliphatic rings. The van der Waals surface area contributed by atoms with Crippen LogP contribution in [-0.4, -0.2) is 5.91 Å². The third-order valence-electron chi connectivity index (χ3n) is 6.34. The van der Waals surface area contributed by atoms with Gasteiger partial charge in [0.25, 0.3) is 5.91 Å². The van der Waals surface area contributed by atoms with Crippen LogP contribution in [0.3, 0.4) is 0 Å². The summed E-state index contributed by atoms with van der Waals surface area (Å²) in [6.07, 6.45) is 5.48. The minimum atomic E-state index is -0.510. The van der Waals surface area contributed by atoms with E-state index in [1.807, 2.05) is 48.5 Å². The van der Waals surface area contributed by atoms with Crippen LogP contribution in [0, 0.1) is 22.7 Å². The quantitative estimate of drug-likeness (QED) is 0.239. The first-order valence-corrected chi connectivity index (χ1v) is 12.6. The number of carbonyl (C=O) groups is 1. The van der Waals surface area contributed by atoms with Gasteiger partial charge in [-0.1, -0.05) is 54.6 Å². The molecule has 0 fully saturated rings. The van der Waals surface area contributed by atoms with E-state index in [-0.39, 0.29) is 5.57 Å². The van der Waals surface area contributed by atoms with E-state index in [2.05, 4.69) is 35.7 Å². The Balaban J connectivity index is 1.27. The second-order valence-electron chi connectivity index (χ2n) is 8.65. The van der Waals surface area contributed by atoms with Crippen molar-refractivity contribution in [1.82, 2.24) is 0 Å². The number of hydrogen-bond acceptors (Lipinski definition) is 5. The van der Waals surface area contributed by atoms with Crippen molar-refractivity contribution in [2.75, 3.05) is 5.32 Å². The molecule has 0 saturated heterocycles. The van der Waals surface area contributed by atoms with Gasteiger partial charge >= 0.3 is 0 Å². The van der Waals surface area contributed by atoms with Crippen LogP contribution in [0.2, 0.25) is 0 Å². The first-order valence-electron chi connectivity index (χ1n) is 11.8. The molecule has 1 amide bonds. The first-order chi connectivity index (χ1) is 17.7. The number of benzene rings is 3. The van der Waals surface area contributed by atoms with Crippen LogP contribution in [0.25, 0.3) is 16.8 Å². The number of thiophene rings is 1. The average molecular weight is 490 g/mol. The van der Waals surface area contributed by atoms with E-state index in [1.54, 1.807) is 6.08 Å². The number of anilines is 1. The standard InChI is InChI=1S/C30H23N3O2S/c31-17-23(29(34)33-30-27(18-32)26-10-3-4-11-28(26)36-30)16-20-12-14-24(15-13-20)35-19-22-8-5-7-21-6-1-2-9-25(21)22/h1-2,5-9,12-16H,3-4,10-11,19H2,(H,33,34)/b23-16+. The molecule has 0 saturated carbocycles. The summed E-state index contributed by atoms with van der Waals surface area (Å²) in [6, 6.07) is 25.9. The number of rotatable bonds is 6. The Labute approximate surface area is 213 Å². The predicted molar refractivity (Wildman–Crippen MR) is 143 cm³/mol. The Morgan fingerprint density at radius 2 is 1.78 bits per heavy atom. The number of nitrogens with zero attached hydrogens (tertiary/aromatic N) is 2. The largest absolute Gasteiger partial charge is 0.489 e.